The Labute approximate surface area is 188 Å². The molecule has 0 N–H and O–H groups in total. The maximum atomic E-state index is 13.7. The van der Waals surface area contributed by atoms with Crippen LogP contribution in [0, 0.1) is 0 Å². The number of carbonyl (C=O) groups excluding carboxylic acids is 1. The van der Waals surface area contributed by atoms with E-state index in [1.165, 1.54) is 0 Å². The first kappa shape index (κ1) is 21.1. The summed E-state index contributed by atoms with van der Waals surface area (Å²) in [6.45, 7) is 4.05. The van der Waals surface area contributed by atoms with Gasteiger partial charge in [-0.05, 0) is 49.2 Å². The number of halogens is 1. The van der Waals surface area contributed by atoms with E-state index >= 15 is 0 Å². The van der Waals surface area contributed by atoms with Crippen molar-refractivity contribution in [3.8, 4) is 0 Å². The van der Waals surface area contributed by atoms with Crippen LogP contribution < -0.4 is 0 Å². The highest BCUT2D eigenvalue weighted by molar-refractivity contribution is 6.30. The summed E-state index contributed by atoms with van der Waals surface area (Å²) < 4.78 is 2.09. The lowest BCUT2D eigenvalue weighted by Crippen LogP contribution is -2.39. The zero-order chi connectivity index (χ0) is 22.0. The summed E-state index contributed by atoms with van der Waals surface area (Å²) in [5, 5.41) is 0.690. The molecule has 158 valence electrons. The molecule has 3 aromatic carbocycles. The molecule has 0 aliphatic heterocycles. The predicted octanol–water partition coefficient (Wildman–Crippen LogP) is 5.74. The number of carbonyl (C=O) groups is 1. The summed E-state index contributed by atoms with van der Waals surface area (Å²) >= 11 is 6.23. The van der Waals surface area contributed by atoms with Gasteiger partial charge in [0.2, 0.25) is 5.91 Å². The van der Waals surface area contributed by atoms with Crippen molar-refractivity contribution in [3.05, 3.63) is 101 Å². The van der Waals surface area contributed by atoms with Gasteiger partial charge in [0.05, 0.1) is 11.0 Å². The van der Waals surface area contributed by atoms with Crippen LogP contribution in [0.3, 0.4) is 0 Å². The van der Waals surface area contributed by atoms with Crippen molar-refractivity contribution in [3.63, 3.8) is 0 Å². The van der Waals surface area contributed by atoms with Crippen LogP contribution in [-0.2, 0) is 11.2 Å². The Bertz CT molecular complexity index is 1200. The van der Waals surface area contributed by atoms with E-state index in [9.17, 15) is 4.79 Å². The molecule has 0 saturated heterocycles. The lowest BCUT2D eigenvalue weighted by Gasteiger charge is -2.29. The molecule has 31 heavy (non-hydrogen) atoms. The minimum absolute atomic E-state index is 0.0386. The number of benzene rings is 3. The smallest absolute Gasteiger partial charge is 0.250 e. The second-order valence-electron chi connectivity index (χ2n) is 8.05. The van der Waals surface area contributed by atoms with Crippen LogP contribution in [0.15, 0.2) is 78.9 Å². The number of hydrogen-bond acceptors (Lipinski definition) is 2. The molecule has 5 heteroatoms. The Balaban J connectivity index is 1.92. The van der Waals surface area contributed by atoms with Crippen molar-refractivity contribution in [2.24, 2.45) is 0 Å². The Morgan fingerprint density at radius 2 is 1.71 bits per heavy atom. The van der Waals surface area contributed by atoms with E-state index in [1.54, 1.807) is 4.90 Å². The minimum atomic E-state index is -0.504. The molecule has 4 nitrogen and oxygen atoms in total. The molecule has 0 fully saturated rings. The predicted molar refractivity (Wildman–Crippen MR) is 126 cm³/mol. The molecule has 0 aliphatic rings. The molecule has 4 aromatic rings. The monoisotopic (exact) mass is 431 g/mol. The lowest BCUT2D eigenvalue weighted by atomic mass is 10.0. The Kier molecular flexibility index (Phi) is 6.10. The molecule has 0 spiro atoms. The summed E-state index contributed by atoms with van der Waals surface area (Å²) in [6, 6.07) is 25.3. The van der Waals surface area contributed by atoms with E-state index in [0.717, 1.165) is 28.0 Å². The topological polar surface area (TPSA) is 38.1 Å². The number of hydrogen-bond donors (Lipinski definition) is 0. The highest BCUT2D eigenvalue weighted by Gasteiger charge is 2.30. The molecule has 1 heterocycles. The van der Waals surface area contributed by atoms with Crippen LogP contribution in [0.25, 0.3) is 11.0 Å². The van der Waals surface area contributed by atoms with E-state index in [0.29, 0.717) is 11.4 Å². The van der Waals surface area contributed by atoms with Crippen LogP contribution in [0.1, 0.15) is 36.8 Å². The molecule has 0 bridgehead atoms. The largest absolute Gasteiger partial charge is 0.341 e. The van der Waals surface area contributed by atoms with Gasteiger partial charge >= 0.3 is 0 Å². The van der Waals surface area contributed by atoms with E-state index in [-0.39, 0.29) is 11.9 Å². The fraction of sp³-hybridized carbons (Fsp3) is 0.231. The molecule has 0 saturated carbocycles. The summed E-state index contributed by atoms with van der Waals surface area (Å²) in [4.78, 5) is 20.5. The fourth-order valence-corrected chi connectivity index (χ4v) is 4.03. The van der Waals surface area contributed by atoms with Crippen LogP contribution >= 0.6 is 11.6 Å². The van der Waals surface area contributed by atoms with E-state index in [1.807, 2.05) is 99.8 Å². The normalized spacial score (nSPS) is 12.3. The number of likely N-dealkylation sites (N-methyl/N-ethyl adjacent to an activating group) is 1. The van der Waals surface area contributed by atoms with E-state index in [2.05, 4.69) is 4.57 Å². The zero-order valence-corrected chi connectivity index (χ0v) is 18.8. The second-order valence-corrected chi connectivity index (χ2v) is 8.49. The maximum Gasteiger partial charge on any atom is 0.250 e. The van der Waals surface area contributed by atoms with Crippen molar-refractivity contribution in [2.75, 3.05) is 7.05 Å². The minimum Gasteiger partial charge on any atom is -0.341 e. The van der Waals surface area contributed by atoms with Gasteiger partial charge in [-0.3, -0.25) is 4.79 Å². The fourth-order valence-electron chi connectivity index (χ4n) is 3.82. The van der Waals surface area contributed by atoms with Gasteiger partial charge in [-0.1, -0.05) is 66.2 Å². The molecule has 0 unspecified atom stereocenters. The molecule has 1 aromatic heterocycles. The van der Waals surface area contributed by atoms with Gasteiger partial charge in [-0.25, -0.2) is 4.98 Å². The van der Waals surface area contributed by atoms with Gasteiger partial charge in [0.1, 0.15) is 11.9 Å². The number of imidazole rings is 1. The van der Waals surface area contributed by atoms with Gasteiger partial charge in [0.15, 0.2) is 0 Å². The van der Waals surface area contributed by atoms with Crippen molar-refractivity contribution in [1.29, 1.82) is 0 Å². The molecule has 4 rings (SSSR count). The first-order valence-corrected chi connectivity index (χ1v) is 10.9. The average Bonchev–Trinajstić information content (AvgIpc) is 3.11. The van der Waals surface area contributed by atoms with Crippen molar-refractivity contribution in [1.82, 2.24) is 14.5 Å². The van der Waals surface area contributed by atoms with Crippen molar-refractivity contribution >= 4 is 28.5 Å². The van der Waals surface area contributed by atoms with E-state index in [4.69, 9.17) is 16.6 Å². The van der Waals surface area contributed by atoms with Gasteiger partial charge in [0, 0.05) is 24.5 Å². The van der Waals surface area contributed by atoms with Crippen LogP contribution in [0.4, 0.5) is 0 Å². The highest BCUT2D eigenvalue weighted by atomic mass is 35.5. The summed E-state index contributed by atoms with van der Waals surface area (Å²) in [5.41, 5.74) is 3.82. The Morgan fingerprint density at radius 3 is 2.42 bits per heavy atom. The lowest BCUT2D eigenvalue weighted by molar-refractivity contribution is -0.133. The average molecular weight is 432 g/mol. The molecule has 0 aliphatic carbocycles. The highest BCUT2D eigenvalue weighted by Crippen LogP contribution is 2.30. The number of amides is 1. The van der Waals surface area contributed by atoms with Crippen LogP contribution in [0.2, 0.25) is 5.02 Å². The summed E-state index contributed by atoms with van der Waals surface area (Å²) in [6.07, 6.45) is 0.581. The quantitative estimate of drug-likeness (QED) is 0.390. The summed E-state index contributed by atoms with van der Waals surface area (Å²) in [7, 11) is 1.86. The molecule has 1 atom stereocenters. The number of nitrogens with zero attached hydrogens (tertiary/aromatic N) is 3. The molecule has 1 amide bonds. The Morgan fingerprint density at radius 1 is 1.00 bits per heavy atom. The standard InChI is InChI=1S/C26H26ClN3O/c1-18(2)29(3)26(31)25(20-11-5-4-6-12-20)30-23-15-8-7-14-22(23)28-24(30)17-19-10-9-13-21(27)16-19/h4-16,18,25H,17H2,1-3H3/t25-/m1/s1. The van der Waals surface area contributed by atoms with Gasteiger partial charge in [-0.15, -0.1) is 0 Å². The molecular weight excluding hydrogens is 406 g/mol. The number of aromatic nitrogens is 2. The van der Waals surface area contributed by atoms with Gasteiger partial charge in [-0.2, -0.15) is 0 Å². The number of fused-ring (bicyclic) bond motifs is 1. The van der Waals surface area contributed by atoms with Gasteiger partial charge in [0.25, 0.3) is 0 Å². The van der Waals surface area contributed by atoms with Crippen LogP contribution in [-0.4, -0.2) is 33.4 Å². The first-order valence-electron chi connectivity index (χ1n) is 10.5. The number of para-hydroxylation sites is 2. The summed E-state index contributed by atoms with van der Waals surface area (Å²) in [5.74, 6) is 0.875. The third kappa shape index (κ3) is 4.35. The number of rotatable bonds is 6. The van der Waals surface area contributed by atoms with Gasteiger partial charge < -0.3 is 9.47 Å². The molecular formula is C26H26ClN3O. The SMILES string of the molecule is CC(C)N(C)C(=O)[C@@H](c1ccccc1)n1c(Cc2cccc(Cl)c2)nc2ccccc21. The zero-order valence-electron chi connectivity index (χ0n) is 18.0. The maximum absolute atomic E-state index is 13.7. The first-order chi connectivity index (χ1) is 15.0. The van der Waals surface area contributed by atoms with Crippen LogP contribution in [0.5, 0.6) is 0 Å². The molecule has 0 radical (unpaired) electrons. The van der Waals surface area contributed by atoms with Crippen molar-refractivity contribution in [2.45, 2.75) is 32.4 Å². The van der Waals surface area contributed by atoms with Crippen molar-refractivity contribution < 1.29 is 4.79 Å². The third-order valence-corrected chi connectivity index (χ3v) is 5.88. The Hall–Kier alpha value is -3.11. The second kappa shape index (κ2) is 8.94. The van der Waals surface area contributed by atoms with E-state index < -0.39 is 6.04 Å². The third-order valence-electron chi connectivity index (χ3n) is 5.65.